The van der Waals surface area contributed by atoms with E-state index in [1.165, 1.54) is 5.39 Å². The molecular formula is C15H16O. The second kappa shape index (κ2) is 4.84. The minimum absolute atomic E-state index is 0.916. The molecule has 0 aliphatic rings. The monoisotopic (exact) mass is 212 g/mol. The summed E-state index contributed by atoms with van der Waals surface area (Å²) in [5, 5.41) is 2.38. The highest BCUT2D eigenvalue weighted by Crippen LogP contribution is 2.27. The molecule has 16 heavy (non-hydrogen) atoms. The Kier molecular flexibility index (Phi) is 3.25. The van der Waals surface area contributed by atoms with E-state index < -0.39 is 0 Å². The van der Waals surface area contributed by atoms with Crippen LogP contribution in [0.25, 0.3) is 10.8 Å². The van der Waals surface area contributed by atoms with Crippen molar-refractivity contribution in [3.8, 4) is 5.75 Å². The molecule has 0 aromatic heterocycles. The van der Waals surface area contributed by atoms with Gasteiger partial charge in [-0.3, -0.25) is 0 Å². The van der Waals surface area contributed by atoms with Crippen LogP contribution in [0.15, 0.2) is 54.3 Å². The summed E-state index contributed by atoms with van der Waals surface area (Å²) in [5.41, 5.74) is 0. The molecule has 0 aliphatic heterocycles. The average molecular weight is 212 g/mol. The Balaban J connectivity index is 2.44. The first-order chi connectivity index (χ1) is 7.85. The van der Waals surface area contributed by atoms with Crippen molar-refractivity contribution in [3.05, 3.63) is 54.3 Å². The Bertz CT molecular complexity index is 506. The van der Waals surface area contributed by atoms with E-state index in [4.69, 9.17) is 4.74 Å². The van der Waals surface area contributed by atoms with Gasteiger partial charge in [-0.05, 0) is 24.5 Å². The van der Waals surface area contributed by atoms with Crippen LogP contribution in [-0.4, -0.2) is 0 Å². The molecule has 1 nitrogen and oxygen atoms in total. The van der Waals surface area contributed by atoms with Crippen LogP contribution in [0.3, 0.4) is 0 Å². The van der Waals surface area contributed by atoms with Crippen molar-refractivity contribution in [3.63, 3.8) is 0 Å². The number of allylic oxidation sites excluding steroid dienone is 2. The zero-order valence-corrected chi connectivity index (χ0v) is 9.73. The number of hydrogen-bond acceptors (Lipinski definition) is 1. The first-order valence-electron chi connectivity index (χ1n) is 5.66. The molecule has 0 aliphatic carbocycles. The number of hydrogen-bond donors (Lipinski definition) is 0. The molecule has 0 amide bonds. The van der Waals surface area contributed by atoms with Gasteiger partial charge in [0.2, 0.25) is 0 Å². The molecular weight excluding hydrogens is 196 g/mol. The second-order valence-electron chi connectivity index (χ2n) is 3.69. The van der Waals surface area contributed by atoms with Gasteiger partial charge in [0.1, 0.15) is 5.75 Å². The van der Waals surface area contributed by atoms with Gasteiger partial charge in [0.05, 0.1) is 5.76 Å². The zero-order chi connectivity index (χ0) is 11.4. The molecule has 2 aromatic rings. The third kappa shape index (κ3) is 2.08. The number of rotatable bonds is 3. The van der Waals surface area contributed by atoms with Crippen LogP contribution in [0.5, 0.6) is 5.75 Å². The Labute approximate surface area is 96.4 Å². The Hall–Kier alpha value is -1.76. The minimum Gasteiger partial charge on any atom is -0.461 e. The molecule has 0 fully saturated rings. The lowest BCUT2D eigenvalue weighted by Crippen LogP contribution is -1.93. The van der Waals surface area contributed by atoms with Gasteiger partial charge in [-0.15, -0.1) is 0 Å². The molecule has 0 saturated carbocycles. The Morgan fingerprint density at radius 2 is 1.88 bits per heavy atom. The third-order valence-electron chi connectivity index (χ3n) is 2.66. The molecule has 1 heteroatoms. The van der Waals surface area contributed by atoms with Crippen molar-refractivity contribution in [2.75, 3.05) is 0 Å². The fraction of sp³-hybridized carbons (Fsp3) is 0.200. The highest BCUT2D eigenvalue weighted by Gasteiger charge is 2.02. The van der Waals surface area contributed by atoms with E-state index in [0.29, 0.717) is 0 Å². The highest BCUT2D eigenvalue weighted by molar-refractivity contribution is 5.88. The molecule has 0 heterocycles. The third-order valence-corrected chi connectivity index (χ3v) is 2.66. The van der Waals surface area contributed by atoms with E-state index in [1.807, 2.05) is 37.3 Å². The predicted octanol–water partition coefficient (Wildman–Crippen LogP) is 4.53. The molecule has 0 N–H and O–H groups in total. The second-order valence-corrected chi connectivity index (χ2v) is 3.69. The quantitative estimate of drug-likeness (QED) is 0.679. The summed E-state index contributed by atoms with van der Waals surface area (Å²) in [5.74, 6) is 1.95. The van der Waals surface area contributed by atoms with Gasteiger partial charge in [0.15, 0.2) is 0 Å². The van der Waals surface area contributed by atoms with E-state index >= 15 is 0 Å². The molecule has 82 valence electrons. The Morgan fingerprint density at radius 1 is 1.12 bits per heavy atom. The van der Waals surface area contributed by atoms with Crippen LogP contribution in [0, 0.1) is 0 Å². The van der Waals surface area contributed by atoms with Crippen molar-refractivity contribution in [2.45, 2.75) is 20.3 Å². The van der Waals surface area contributed by atoms with Gasteiger partial charge in [-0.25, -0.2) is 0 Å². The maximum absolute atomic E-state index is 5.89. The fourth-order valence-corrected chi connectivity index (χ4v) is 1.76. The molecule has 0 unspecified atom stereocenters. The SMILES string of the molecule is CC=C(CC)Oc1cccc2ccccc12. The molecule has 0 atom stereocenters. The summed E-state index contributed by atoms with van der Waals surface area (Å²) in [4.78, 5) is 0. The first-order valence-corrected chi connectivity index (χ1v) is 5.66. The van der Waals surface area contributed by atoms with Gasteiger partial charge < -0.3 is 4.74 Å². The van der Waals surface area contributed by atoms with E-state index in [-0.39, 0.29) is 0 Å². The van der Waals surface area contributed by atoms with E-state index in [0.717, 1.165) is 23.3 Å². The summed E-state index contributed by atoms with van der Waals surface area (Å²) >= 11 is 0. The maximum atomic E-state index is 5.89. The average Bonchev–Trinajstić information content (AvgIpc) is 2.36. The zero-order valence-electron chi connectivity index (χ0n) is 9.73. The maximum Gasteiger partial charge on any atom is 0.134 e. The summed E-state index contributed by atoms with van der Waals surface area (Å²) in [6.07, 6.45) is 2.93. The lowest BCUT2D eigenvalue weighted by molar-refractivity contribution is 0.413. The number of ether oxygens (including phenoxy) is 1. The fourth-order valence-electron chi connectivity index (χ4n) is 1.76. The van der Waals surface area contributed by atoms with Gasteiger partial charge in [-0.2, -0.15) is 0 Å². The normalized spacial score (nSPS) is 11.8. The Morgan fingerprint density at radius 3 is 2.62 bits per heavy atom. The molecule has 2 aromatic carbocycles. The van der Waals surface area contributed by atoms with Crippen molar-refractivity contribution in [1.82, 2.24) is 0 Å². The lowest BCUT2D eigenvalue weighted by atomic mass is 10.1. The van der Waals surface area contributed by atoms with Crippen LogP contribution in [0.4, 0.5) is 0 Å². The lowest BCUT2D eigenvalue weighted by Gasteiger charge is -2.10. The number of fused-ring (bicyclic) bond motifs is 1. The van der Waals surface area contributed by atoms with E-state index in [2.05, 4.69) is 25.1 Å². The van der Waals surface area contributed by atoms with Crippen LogP contribution in [0.2, 0.25) is 0 Å². The summed E-state index contributed by atoms with van der Waals surface area (Å²) < 4.78 is 5.89. The van der Waals surface area contributed by atoms with Gasteiger partial charge in [0, 0.05) is 11.8 Å². The summed E-state index contributed by atoms with van der Waals surface area (Å²) in [7, 11) is 0. The number of benzene rings is 2. The van der Waals surface area contributed by atoms with Crippen molar-refractivity contribution in [2.24, 2.45) is 0 Å². The van der Waals surface area contributed by atoms with Crippen LogP contribution < -0.4 is 4.74 Å². The molecule has 0 saturated heterocycles. The molecule has 0 spiro atoms. The van der Waals surface area contributed by atoms with Crippen molar-refractivity contribution < 1.29 is 4.74 Å². The topological polar surface area (TPSA) is 9.23 Å². The van der Waals surface area contributed by atoms with Crippen molar-refractivity contribution in [1.29, 1.82) is 0 Å². The van der Waals surface area contributed by atoms with Gasteiger partial charge in [0.25, 0.3) is 0 Å². The van der Waals surface area contributed by atoms with Crippen LogP contribution >= 0.6 is 0 Å². The highest BCUT2D eigenvalue weighted by atomic mass is 16.5. The smallest absolute Gasteiger partial charge is 0.134 e. The van der Waals surface area contributed by atoms with Crippen LogP contribution in [-0.2, 0) is 0 Å². The van der Waals surface area contributed by atoms with Crippen molar-refractivity contribution >= 4 is 10.8 Å². The van der Waals surface area contributed by atoms with E-state index in [9.17, 15) is 0 Å². The van der Waals surface area contributed by atoms with Gasteiger partial charge in [-0.1, -0.05) is 43.3 Å². The predicted molar refractivity (Wildman–Crippen MR) is 68.6 cm³/mol. The largest absolute Gasteiger partial charge is 0.461 e. The molecule has 0 radical (unpaired) electrons. The molecule has 2 rings (SSSR count). The van der Waals surface area contributed by atoms with Gasteiger partial charge >= 0.3 is 0 Å². The van der Waals surface area contributed by atoms with Crippen LogP contribution in [0.1, 0.15) is 20.3 Å². The summed E-state index contributed by atoms with van der Waals surface area (Å²) in [6.45, 7) is 4.10. The summed E-state index contributed by atoms with van der Waals surface area (Å²) in [6, 6.07) is 14.4. The standard InChI is InChI=1S/C15H16O/c1-3-13(4-2)16-15-11-7-9-12-8-5-6-10-14(12)15/h3,5-11H,4H2,1-2H3. The molecule has 0 bridgehead atoms. The van der Waals surface area contributed by atoms with E-state index in [1.54, 1.807) is 0 Å². The minimum atomic E-state index is 0.916. The first kappa shape index (κ1) is 10.7.